The zero-order chi connectivity index (χ0) is 13.2. The summed E-state index contributed by atoms with van der Waals surface area (Å²) in [7, 11) is 0. The standard InChI is InChI=1S/C15H15N3O/c16-15-17-13-7-3-1-5-11(13)9-18(15)10-12-6-2-4-8-14(12)19/h1-9,15,19H,10,16H2/t15-/m1/s1. The molecular weight excluding hydrogens is 238 g/mol. The number of hydrogen-bond acceptors (Lipinski definition) is 4. The highest BCUT2D eigenvalue weighted by Crippen LogP contribution is 2.18. The van der Waals surface area contributed by atoms with Gasteiger partial charge in [0.1, 0.15) is 5.75 Å². The van der Waals surface area contributed by atoms with Gasteiger partial charge in [-0.3, -0.25) is 5.73 Å². The summed E-state index contributed by atoms with van der Waals surface area (Å²) < 4.78 is 0. The van der Waals surface area contributed by atoms with Crippen LogP contribution in [-0.4, -0.2) is 16.3 Å². The molecule has 96 valence electrons. The second-order valence-electron chi connectivity index (χ2n) is 4.53. The average Bonchev–Trinajstić information content (AvgIpc) is 2.42. The van der Waals surface area contributed by atoms with E-state index in [9.17, 15) is 5.11 Å². The van der Waals surface area contributed by atoms with E-state index in [1.54, 1.807) is 12.1 Å². The van der Waals surface area contributed by atoms with Crippen LogP contribution in [0.15, 0.2) is 53.5 Å². The first-order valence-electron chi connectivity index (χ1n) is 6.17. The van der Waals surface area contributed by atoms with Crippen LogP contribution in [0.4, 0.5) is 0 Å². The monoisotopic (exact) mass is 253 g/mol. The number of hydrogen-bond donors (Lipinski definition) is 2. The first kappa shape index (κ1) is 11.7. The lowest BCUT2D eigenvalue weighted by Gasteiger charge is -2.27. The van der Waals surface area contributed by atoms with E-state index in [0.717, 1.165) is 16.1 Å². The Morgan fingerprint density at radius 2 is 1.84 bits per heavy atom. The predicted molar refractivity (Wildman–Crippen MR) is 73.3 cm³/mol. The number of phenolic OH excluding ortho intramolecular Hbond substituents is 1. The molecule has 0 bridgehead atoms. The van der Waals surface area contributed by atoms with Gasteiger partial charge in [0.05, 0.1) is 5.36 Å². The topological polar surface area (TPSA) is 61.8 Å². The minimum Gasteiger partial charge on any atom is -0.508 e. The van der Waals surface area contributed by atoms with E-state index in [0.29, 0.717) is 6.54 Å². The van der Waals surface area contributed by atoms with Crippen LogP contribution in [-0.2, 0) is 6.54 Å². The van der Waals surface area contributed by atoms with Gasteiger partial charge in [-0.15, -0.1) is 0 Å². The summed E-state index contributed by atoms with van der Waals surface area (Å²) in [5, 5.41) is 11.8. The molecule has 0 unspecified atom stereocenters. The molecule has 4 heteroatoms. The van der Waals surface area contributed by atoms with Crippen molar-refractivity contribution in [3.8, 4) is 5.75 Å². The maximum absolute atomic E-state index is 9.81. The number of benzene rings is 2. The van der Waals surface area contributed by atoms with E-state index < -0.39 is 6.29 Å². The Kier molecular flexibility index (Phi) is 2.93. The molecule has 2 aromatic rings. The number of nitrogens with two attached hydrogens (primary N) is 1. The van der Waals surface area contributed by atoms with E-state index in [4.69, 9.17) is 5.73 Å². The summed E-state index contributed by atoms with van der Waals surface area (Å²) in [5.41, 5.74) is 6.87. The molecule has 0 saturated carbocycles. The fraction of sp³-hybridized carbons (Fsp3) is 0.133. The van der Waals surface area contributed by atoms with Crippen LogP contribution in [0.3, 0.4) is 0 Å². The SMILES string of the molecule is N[C@@H]1N=c2ccccc2=CN1Cc1ccccc1O. The molecule has 19 heavy (non-hydrogen) atoms. The van der Waals surface area contributed by atoms with Gasteiger partial charge in [0.25, 0.3) is 0 Å². The number of rotatable bonds is 2. The molecule has 1 heterocycles. The third kappa shape index (κ3) is 2.30. The Morgan fingerprint density at radius 1 is 1.11 bits per heavy atom. The van der Waals surface area contributed by atoms with E-state index in [2.05, 4.69) is 4.99 Å². The lowest BCUT2D eigenvalue weighted by Crippen LogP contribution is -2.45. The average molecular weight is 253 g/mol. The number of aromatic hydroxyl groups is 1. The lowest BCUT2D eigenvalue weighted by molar-refractivity contribution is 0.296. The Morgan fingerprint density at radius 3 is 2.68 bits per heavy atom. The quantitative estimate of drug-likeness (QED) is 0.819. The normalized spacial score (nSPS) is 17.3. The smallest absolute Gasteiger partial charge is 0.174 e. The van der Waals surface area contributed by atoms with E-state index in [1.807, 2.05) is 47.5 Å². The largest absolute Gasteiger partial charge is 0.508 e. The molecular formula is C15H15N3O. The molecule has 3 rings (SSSR count). The fourth-order valence-electron chi connectivity index (χ4n) is 2.17. The van der Waals surface area contributed by atoms with Crippen molar-refractivity contribution < 1.29 is 5.11 Å². The van der Waals surface area contributed by atoms with Crippen molar-refractivity contribution in [1.82, 2.24) is 4.90 Å². The molecule has 1 aliphatic rings. The van der Waals surface area contributed by atoms with Gasteiger partial charge >= 0.3 is 0 Å². The Balaban J connectivity index is 1.95. The maximum Gasteiger partial charge on any atom is 0.174 e. The Labute approximate surface area is 111 Å². The van der Waals surface area contributed by atoms with Crippen LogP contribution in [0.1, 0.15) is 5.56 Å². The molecule has 1 atom stereocenters. The minimum atomic E-state index is -0.422. The summed E-state index contributed by atoms with van der Waals surface area (Å²) in [6.07, 6.45) is 1.56. The molecule has 0 spiro atoms. The molecule has 0 aromatic heterocycles. The Bertz CT molecular complexity index is 711. The van der Waals surface area contributed by atoms with Crippen LogP contribution in [0, 0.1) is 0 Å². The zero-order valence-electron chi connectivity index (χ0n) is 10.4. The van der Waals surface area contributed by atoms with E-state index in [-0.39, 0.29) is 5.75 Å². The molecule has 0 fully saturated rings. The molecule has 0 aliphatic carbocycles. The van der Waals surface area contributed by atoms with Crippen LogP contribution in [0.25, 0.3) is 6.20 Å². The first-order chi connectivity index (χ1) is 9.24. The first-order valence-corrected chi connectivity index (χ1v) is 6.17. The number of fused-ring (bicyclic) bond motifs is 1. The number of phenols is 1. The zero-order valence-corrected chi connectivity index (χ0v) is 10.4. The second-order valence-corrected chi connectivity index (χ2v) is 4.53. The molecule has 0 saturated heterocycles. The molecule has 2 aromatic carbocycles. The molecule has 0 amide bonds. The van der Waals surface area contributed by atoms with Crippen LogP contribution in [0.5, 0.6) is 5.75 Å². The molecule has 0 radical (unpaired) electrons. The summed E-state index contributed by atoms with van der Waals surface area (Å²) in [6, 6.07) is 15.1. The highest BCUT2D eigenvalue weighted by molar-refractivity contribution is 5.34. The van der Waals surface area contributed by atoms with Gasteiger partial charge in [-0.2, -0.15) is 0 Å². The van der Waals surface area contributed by atoms with Gasteiger partial charge in [0.2, 0.25) is 0 Å². The predicted octanol–water partition coefficient (Wildman–Crippen LogP) is 0.508. The summed E-state index contributed by atoms with van der Waals surface area (Å²) in [4.78, 5) is 6.36. The van der Waals surface area contributed by atoms with Crippen LogP contribution >= 0.6 is 0 Å². The van der Waals surface area contributed by atoms with Crippen molar-refractivity contribution in [3.63, 3.8) is 0 Å². The van der Waals surface area contributed by atoms with Gasteiger partial charge in [-0.1, -0.05) is 36.4 Å². The lowest BCUT2D eigenvalue weighted by atomic mass is 10.2. The highest BCUT2D eigenvalue weighted by atomic mass is 16.3. The van der Waals surface area contributed by atoms with Crippen molar-refractivity contribution in [2.45, 2.75) is 12.8 Å². The fourth-order valence-corrected chi connectivity index (χ4v) is 2.17. The number of para-hydroxylation sites is 2. The van der Waals surface area contributed by atoms with E-state index >= 15 is 0 Å². The van der Waals surface area contributed by atoms with Gasteiger partial charge < -0.3 is 10.0 Å². The van der Waals surface area contributed by atoms with Crippen molar-refractivity contribution in [2.24, 2.45) is 10.7 Å². The van der Waals surface area contributed by atoms with Crippen LogP contribution in [0.2, 0.25) is 0 Å². The van der Waals surface area contributed by atoms with Crippen molar-refractivity contribution in [2.75, 3.05) is 0 Å². The third-order valence-corrected chi connectivity index (χ3v) is 3.20. The van der Waals surface area contributed by atoms with Gasteiger partial charge in [0, 0.05) is 23.5 Å². The van der Waals surface area contributed by atoms with Crippen LogP contribution < -0.4 is 16.3 Å². The van der Waals surface area contributed by atoms with Gasteiger partial charge in [0.15, 0.2) is 6.29 Å². The highest BCUT2D eigenvalue weighted by Gasteiger charge is 2.14. The van der Waals surface area contributed by atoms with Gasteiger partial charge in [-0.25, -0.2) is 4.99 Å². The van der Waals surface area contributed by atoms with E-state index in [1.165, 1.54) is 0 Å². The summed E-state index contributed by atoms with van der Waals surface area (Å²) in [6.45, 7) is 0.533. The Hall–Kier alpha value is -2.33. The van der Waals surface area contributed by atoms with Gasteiger partial charge in [-0.05, 0) is 12.1 Å². The minimum absolute atomic E-state index is 0.280. The summed E-state index contributed by atoms with van der Waals surface area (Å²) >= 11 is 0. The van der Waals surface area contributed by atoms with Crippen molar-refractivity contribution in [1.29, 1.82) is 0 Å². The number of nitrogens with zero attached hydrogens (tertiary/aromatic N) is 2. The third-order valence-electron chi connectivity index (χ3n) is 3.20. The maximum atomic E-state index is 9.81. The second kappa shape index (κ2) is 4.74. The van der Waals surface area contributed by atoms with Crippen molar-refractivity contribution in [3.05, 3.63) is 64.7 Å². The molecule has 4 nitrogen and oxygen atoms in total. The molecule has 1 aliphatic heterocycles. The molecule has 3 N–H and O–H groups in total. The van der Waals surface area contributed by atoms with Crippen molar-refractivity contribution >= 4 is 6.20 Å². The summed E-state index contributed by atoms with van der Waals surface area (Å²) in [5.74, 6) is 0.280.